The number of amides is 1. The van der Waals surface area contributed by atoms with Crippen molar-refractivity contribution in [1.82, 2.24) is 4.90 Å². The van der Waals surface area contributed by atoms with E-state index in [9.17, 15) is 4.79 Å². The van der Waals surface area contributed by atoms with Crippen molar-refractivity contribution in [3.63, 3.8) is 0 Å². The topological polar surface area (TPSA) is 46.3 Å². The second-order valence-corrected chi connectivity index (χ2v) is 7.40. The molecule has 108 valence electrons. The van der Waals surface area contributed by atoms with Gasteiger partial charge in [-0.05, 0) is 44.4 Å². The van der Waals surface area contributed by atoms with Gasteiger partial charge in [-0.15, -0.1) is 11.6 Å². The molecule has 3 aliphatic rings. The lowest BCUT2D eigenvalue weighted by Gasteiger charge is -2.46. The zero-order valence-electron chi connectivity index (χ0n) is 11.6. The zero-order chi connectivity index (χ0) is 13.5. The summed E-state index contributed by atoms with van der Waals surface area (Å²) < 4.78 is 0. The van der Waals surface area contributed by atoms with Gasteiger partial charge in [-0.2, -0.15) is 0 Å². The van der Waals surface area contributed by atoms with Gasteiger partial charge in [0.15, 0.2) is 0 Å². The fourth-order valence-corrected chi connectivity index (χ4v) is 5.06. The monoisotopic (exact) mass is 284 g/mol. The maximum absolute atomic E-state index is 12.1. The number of hydrogen-bond acceptors (Lipinski definition) is 2. The van der Waals surface area contributed by atoms with Crippen molar-refractivity contribution in [3.8, 4) is 0 Å². The van der Waals surface area contributed by atoms with Crippen molar-refractivity contribution in [2.45, 2.75) is 74.7 Å². The van der Waals surface area contributed by atoms with Crippen molar-refractivity contribution in [3.05, 3.63) is 0 Å². The van der Waals surface area contributed by atoms with Gasteiger partial charge in [-0.25, -0.2) is 0 Å². The molecular formula is C15H25ClN2O. The van der Waals surface area contributed by atoms with Crippen LogP contribution < -0.4 is 5.73 Å². The van der Waals surface area contributed by atoms with Crippen LogP contribution in [-0.2, 0) is 4.79 Å². The quantitative estimate of drug-likeness (QED) is 0.810. The molecule has 19 heavy (non-hydrogen) atoms. The first-order chi connectivity index (χ1) is 9.12. The largest absolute Gasteiger partial charge is 0.368 e. The molecule has 2 bridgehead atoms. The maximum Gasteiger partial charge on any atom is 0.238 e. The van der Waals surface area contributed by atoms with Crippen LogP contribution in [-0.4, -0.2) is 34.3 Å². The van der Waals surface area contributed by atoms with Gasteiger partial charge in [-0.3, -0.25) is 9.69 Å². The van der Waals surface area contributed by atoms with Gasteiger partial charge < -0.3 is 5.73 Å². The Bertz CT molecular complexity index is 356. The molecule has 1 saturated carbocycles. The van der Waals surface area contributed by atoms with E-state index in [0.717, 1.165) is 38.1 Å². The third-order valence-corrected chi connectivity index (χ3v) is 5.94. The van der Waals surface area contributed by atoms with Crippen LogP contribution >= 0.6 is 11.6 Å². The highest BCUT2D eigenvalue weighted by molar-refractivity contribution is 6.21. The zero-order valence-corrected chi connectivity index (χ0v) is 12.4. The molecule has 0 aromatic rings. The fourth-order valence-electron chi connectivity index (χ4n) is 4.60. The first-order valence-corrected chi connectivity index (χ1v) is 8.26. The van der Waals surface area contributed by atoms with Crippen molar-refractivity contribution in [2.75, 3.05) is 6.54 Å². The van der Waals surface area contributed by atoms with Gasteiger partial charge in [0, 0.05) is 18.0 Å². The second kappa shape index (κ2) is 5.25. The van der Waals surface area contributed by atoms with Gasteiger partial charge in [0.2, 0.25) is 5.91 Å². The first kappa shape index (κ1) is 13.7. The van der Waals surface area contributed by atoms with Crippen LogP contribution in [0, 0.1) is 5.92 Å². The highest BCUT2D eigenvalue weighted by Gasteiger charge is 2.55. The molecule has 3 unspecified atom stereocenters. The van der Waals surface area contributed by atoms with Crippen LogP contribution in [0.2, 0.25) is 0 Å². The third-order valence-electron chi connectivity index (χ3n) is 5.61. The predicted octanol–water partition coefficient (Wildman–Crippen LogP) is 2.66. The summed E-state index contributed by atoms with van der Waals surface area (Å²) in [5.41, 5.74) is 5.33. The summed E-state index contributed by atoms with van der Waals surface area (Å²) >= 11 is 6.35. The van der Waals surface area contributed by atoms with Crippen LogP contribution in [0.5, 0.6) is 0 Å². The number of rotatable bonds is 3. The predicted molar refractivity (Wildman–Crippen MR) is 77.1 cm³/mol. The van der Waals surface area contributed by atoms with E-state index in [-0.39, 0.29) is 11.3 Å². The minimum absolute atomic E-state index is 0.127. The highest BCUT2D eigenvalue weighted by Crippen LogP contribution is 2.46. The number of primary amides is 1. The molecule has 1 aliphatic carbocycles. The normalized spacial score (nSPS) is 40.5. The van der Waals surface area contributed by atoms with E-state index in [0.29, 0.717) is 6.04 Å². The van der Waals surface area contributed by atoms with Crippen molar-refractivity contribution < 1.29 is 4.79 Å². The van der Waals surface area contributed by atoms with Crippen LogP contribution in [0.4, 0.5) is 0 Å². The molecule has 2 aliphatic heterocycles. The summed E-state index contributed by atoms with van der Waals surface area (Å²) in [5.74, 6) is 0.621. The number of alkyl halides is 1. The maximum atomic E-state index is 12.1. The minimum Gasteiger partial charge on any atom is -0.368 e. The lowest BCUT2D eigenvalue weighted by Crippen LogP contribution is -2.61. The van der Waals surface area contributed by atoms with Gasteiger partial charge in [-0.1, -0.05) is 19.3 Å². The standard InChI is InChI=1S/C15H25ClN2O/c16-12-8-13-6-7-15(9-12,14(17)19)18(13)10-11-4-2-1-3-5-11/h11-13H,1-10H2,(H2,17,19). The molecular weight excluding hydrogens is 260 g/mol. The number of fused-ring (bicyclic) bond motifs is 2. The smallest absolute Gasteiger partial charge is 0.238 e. The van der Waals surface area contributed by atoms with Gasteiger partial charge in [0.1, 0.15) is 5.54 Å². The number of halogens is 1. The molecule has 3 atom stereocenters. The van der Waals surface area contributed by atoms with Gasteiger partial charge in [0.25, 0.3) is 0 Å². The Kier molecular flexibility index (Phi) is 3.78. The Morgan fingerprint density at radius 3 is 2.68 bits per heavy atom. The van der Waals surface area contributed by atoms with Crippen molar-refractivity contribution >= 4 is 17.5 Å². The summed E-state index contributed by atoms with van der Waals surface area (Å²) in [5, 5.41) is 0.127. The summed E-state index contributed by atoms with van der Waals surface area (Å²) in [6.45, 7) is 1.07. The lowest BCUT2D eigenvalue weighted by atomic mass is 9.83. The Labute approximate surface area is 120 Å². The molecule has 2 saturated heterocycles. The minimum atomic E-state index is -0.424. The second-order valence-electron chi connectivity index (χ2n) is 6.78. The third kappa shape index (κ3) is 2.40. The van der Waals surface area contributed by atoms with Gasteiger partial charge >= 0.3 is 0 Å². The average molecular weight is 285 g/mol. The number of hydrogen-bond donors (Lipinski definition) is 1. The highest BCUT2D eigenvalue weighted by atomic mass is 35.5. The van der Waals surface area contributed by atoms with E-state index in [4.69, 9.17) is 17.3 Å². The number of piperidine rings is 1. The van der Waals surface area contributed by atoms with E-state index in [1.54, 1.807) is 0 Å². The summed E-state index contributed by atoms with van der Waals surface area (Å²) in [6.07, 6.45) is 10.5. The van der Waals surface area contributed by atoms with Crippen molar-refractivity contribution in [2.24, 2.45) is 11.7 Å². The van der Waals surface area contributed by atoms with E-state index >= 15 is 0 Å². The summed E-state index contributed by atoms with van der Waals surface area (Å²) in [4.78, 5) is 14.5. The molecule has 3 fully saturated rings. The van der Waals surface area contributed by atoms with Crippen LogP contribution in [0.25, 0.3) is 0 Å². The summed E-state index contributed by atoms with van der Waals surface area (Å²) in [6, 6.07) is 0.491. The molecule has 0 aromatic carbocycles. The Morgan fingerprint density at radius 1 is 1.26 bits per heavy atom. The Balaban J connectivity index is 1.76. The van der Waals surface area contributed by atoms with Crippen LogP contribution in [0.1, 0.15) is 57.8 Å². The SMILES string of the molecule is NC(=O)C12CCC(CC(Cl)C1)N2CC1CCCCC1. The van der Waals surface area contributed by atoms with Crippen LogP contribution in [0.3, 0.4) is 0 Å². The Hall–Kier alpha value is -0.280. The average Bonchev–Trinajstić information content (AvgIpc) is 2.61. The van der Waals surface area contributed by atoms with E-state index < -0.39 is 5.54 Å². The number of nitrogens with zero attached hydrogens (tertiary/aromatic N) is 1. The summed E-state index contributed by atoms with van der Waals surface area (Å²) in [7, 11) is 0. The molecule has 0 radical (unpaired) electrons. The molecule has 4 heteroatoms. The molecule has 0 spiro atoms. The van der Waals surface area contributed by atoms with E-state index in [1.807, 2.05) is 0 Å². The van der Waals surface area contributed by atoms with Gasteiger partial charge in [0.05, 0.1) is 0 Å². The molecule has 3 nitrogen and oxygen atoms in total. The lowest BCUT2D eigenvalue weighted by molar-refractivity contribution is -0.132. The fraction of sp³-hybridized carbons (Fsp3) is 0.933. The number of nitrogens with two attached hydrogens (primary N) is 1. The number of carbonyl (C=O) groups is 1. The number of carbonyl (C=O) groups excluding carboxylic acids is 1. The molecule has 0 aromatic heterocycles. The Morgan fingerprint density at radius 2 is 2.00 bits per heavy atom. The van der Waals surface area contributed by atoms with E-state index in [2.05, 4.69) is 4.90 Å². The molecule has 2 N–H and O–H groups in total. The molecule has 2 heterocycles. The molecule has 1 amide bonds. The van der Waals surface area contributed by atoms with E-state index in [1.165, 1.54) is 32.1 Å². The molecule has 3 rings (SSSR count). The van der Waals surface area contributed by atoms with Crippen molar-refractivity contribution in [1.29, 1.82) is 0 Å². The first-order valence-electron chi connectivity index (χ1n) is 7.82. The van der Waals surface area contributed by atoms with Crippen LogP contribution in [0.15, 0.2) is 0 Å².